The van der Waals surface area contributed by atoms with Crippen LogP contribution in [-0.4, -0.2) is 19.3 Å². The average molecular weight is 298 g/mol. The van der Waals surface area contributed by atoms with Crippen LogP contribution in [0.1, 0.15) is 31.2 Å². The first-order valence-corrected chi connectivity index (χ1v) is 7.16. The molecular formula is C14H20BrNO. The van der Waals surface area contributed by atoms with E-state index in [1.807, 2.05) is 0 Å². The van der Waals surface area contributed by atoms with Gasteiger partial charge in [0.25, 0.3) is 0 Å². The highest BCUT2D eigenvalue weighted by Crippen LogP contribution is 2.23. The zero-order chi connectivity index (χ0) is 12.1. The Kier molecular flexibility index (Phi) is 4.86. The topological polar surface area (TPSA) is 21.3 Å². The van der Waals surface area contributed by atoms with Gasteiger partial charge in [-0.15, -0.1) is 0 Å². The minimum absolute atomic E-state index is 0.512. The standard InChI is InChI=1S/C14H20BrNO/c1-11-6-7-14(13(15)10-11)16-8-2-4-12-5-3-9-17-12/h6-7,10,12,16H,2-5,8-9H2,1H3. The van der Waals surface area contributed by atoms with Gasteiger partial charge in [-0.2, -0.15) is 0 Å². The van der Waals surface area contributed by atoms with Crippen LogP contribution in [0.25, 0.3) is 0 Å². The van der Waals surface area contributed by atoms with Crippen molar-refractivity contribution < 1.29 is 4.74 Å². The number of halogens is 1. The summed E-state index contributed by atoms with van der Waals surface area (Å²) >= 11 is 3.58. The molecule has 2 nitrogen and oxygen atoms in total. The van der Waals surface area contributed by atoms with Crippen molar-refractivity contribution in [3.8, 4) is 0 Å². The second-order valence-corrected chi connectivity index (χ2v) is 5.54. The fraction of sp³-hybridized carbons (Fsp3) is 0.571. The van der Waals surface area contributed by atoms with Gasteiger partial charge < -0.3 is 10.1 Å². The molecule has 1 N–H and O–H groups in total. The fourth-order valence-electron chi connectivity index (χ4n) is 2.19. The number of hydrogen-bond donors (Lipinski definition) is 1. The van der Waals surface area contributed by atoms with Crippen LogP contribution in [0.4, 0.5) is 5.69 Å². The Labute approximate surface area is 112 Å². The zero-order valence-electron chi connectivity index (χ0n) is 10.3. The van der Waals surface area contributed by atoms with E-state index in [1.54, 1.807) is 0 Å². The van der Waals surface area contributed by atoms with Crippen LogP contribution in [-0.2, 0) is 4.74 Å². The number of nitrogens with one attached hydrogen (secondary N) is 1. The summed E-state index contributed by atoms with van der Waals surface area (Å²) in [4.78, 5) is 0. The molecule has 1 fully saturated rings. The molecule has 0 aliphatic carbocycles. The fourth-order valence-corrected chi connectivity index (χ4v) is 2.82. The molecule has 3 heteroatoms. The molecule has 1 saturated heterocycles. The molecule has 1 aliphatic rings. The van der Waals surface area contributed by atoms with E-state index in [0.29, 0.717) is 6.10 Å². The van der Waals surface area contributed by atoms with E-state index in [4.69, 9.17) is 4.74 Å². The van der Waals surface area contributed by atoms with Crippen LogP contribution < -0.4 is 5.32 Å². The van der Waals surface area contributed by atoms with Crippen LogP contribution in [0.15, 0.2) is 22.7 Å². The van der Waals surface area contributed by atoms with Crippen molar-refractivity contribution in [2.75, 3.05) is 18.5 Å². The van der Waals surface area contributed by atoms with Crippen LogP contribution in [0.5, 0.6) is 0 Å². The van der Waals surface area contributed by atoms with E-state index in [1.165, 1.54) is 36.9 Å². The average Bonchev–Trinajstić information content (AvgIpc) is 2.79. The Bertz CT molecular complexity index is 361. The zero-order valence-corrected chi connectivity index (χ0v) is 11.9. The molecule has 2 rings (SSSR count). The summed E-state index contributed by atoms with van der Waals surface area (Å²) in [6.07, 6.45) is 5.34. The van der Waals surface area contributed by atoms with Crippen LogP contribution >= 0.6 is 15.9 Å². The Morgan fingerprint density at radius 2 is 2.35 bits per heavy atom. The second-order valence-electron chi connectivity index (χ2n) is 4.69. The minimum Gasteiger partial charge on any atom is -0.384 e. The molecule has 0 amide bonds. The number of benzene rings is 1. The van der Waals surface area contributed by atoms with Gasteiger partial charge in [0.2, 0.25) is 0 Å². The van der Waals surface area contributed by atoms with Gasteiger partial charge in [0.15, 0.2) is 0 Å². The quantitative estimate of drug-likeness (QED) is 0.825. The molecular weight excluding hydrogens is 278 g/mol. The van der Waals surface area contributed by atoms with Crippen molar-refractivity contribution in [3.05, 3.63) is 28.2 Å². The van der Waals surface area contributed by atoms with E-state index in [9.17, 15) is 0 Å². The monoisotopic (exact) mass is 297 g/mol. The Morgan fingerprint density at radius 3 is 3.06 bits per heavy atom. The Morgan fingerprint density at radius 1 is 1.47 bits per heavy atom. The normalized spacial score (nSPS) is 19.5. The third-order valence-electron chi connectivity index (χ3n) is 3.17. The molecule has 94 valence electrons. The largest absolute Gasteiger partial charge is 0.384 e. The summed E-state index contributed by atoms with van der Waals surface area (Å²) in [6, 6.07) is 6.40. The Balaban J connectivity index is 1.70. The predicted octanol–water partition coefficient (Wildman–Crippen LogP) is 4.13. The number of rotatable bonds is 5. The number of ether oxygens (including phenoxy) is 1. The lowest BCUT2D eigenvalue weighted by Gasteiger charge is -2.11. The molecule has 1 unspecified atom stereocenters. The highest BCUT2D eigenvalue weighted by Gasteiger charge is 2.14. The summed E-state index contributed by atoms with van der Waals surface area (Å²) < 4.78 is 6.76. The maximum atomic E-state index is 5.61. The molecule has 1 atom stereocenters. The maximum Gasteiger partial charge on any atom is 0.0576 e. The molecule has 1 aromatic rings. The van der Waals surface area contributed by atoms with Gasteiger partial charge in [0, 0.05) is 23.3 Å². The van der Waals surface area contributed by atoms with Gasteiger partial charge in [0.1, 0.15) is 0 Å². The van der Waals surface area contributed by atoms with Gasteiger partial charge in [0.05, 0.1) is 6.10 Å². The van der Waals surface area contributed by atoms with Crippen molar-refractivity contribution in [1.82, 2.24) is 0 Å². The molecule has 1 aromatic carbocycles. The molecule has 0 spiro atoms. The second kappa shape index (κ2) is 6.41. The van der Waals surface area contributed by atoms with Gasteiger partial charge >= 0.3 is 0 Å². The van der Waals surface area contributed by atoms with E-state index < -0.39 is 0 Å². The Hall–Kier alpha value is -0.540. The third-order valence-corrected chi connectivity index (χ3v) is 3.82. The maximum absolute atomic E-state index is 5.61. The van der Waals surface area contributed by atoms with Crippen molar-refractivity contribution in [1.29, 1.82) is 0 Å². The molecule has 0 bridgehead atoms. The van der Waals surface area contributed by atoms with Gasteiger partial charge in [-0.1, -0.05) is 6.07 Å². The van der Waals surface area contributed by atoms with Gasteiger partial charge in [-0.05, 0) is 66.2 Å². The first-order chi connectivity index (χ1) is 8.25. The SMILES string of the molecule is Cc1ccc(NCCCC2CCCO2)c(Br)c1. The van der Waals surface area contributed by atoms with E-state index in [2.05, 4.69) is 46.4 Å². The first-order valence-electron chi connectivity index (χ1n) is 6.37. The summed E-state index contributed by atoms with van der Waals surface area (Å²) in [5.74, 6) is 0. The van der Waals surface area contributed by atoms with Crippen molar-refractivity contribution in [2.24, 2.45) is 0 Å². The summed E-state index contributed by atoms with van der Waals surface area (Å²) in [7, 11) is 0. The van der Waals surface area contributed by atoms with Gasteiger partial charge in [-0.25, -0.2) is 0 Å². The molecule has 0 aromatic heterocycles. The molecule has 1 aliphatic heterocycles. The lowest BCUT2D eigenvalue weighted by atomic mass is 10.1. The number of anilines is 1. The summed E-state index contributed by atoms with van der Waals surface area (Å²) in [5.41, 5.74) is 2.46. The summed E-state index contributed by atoms with van der Waals surface area (Å²) in [5, 5.41) is 3.46. The lowest BCUT2D eigenvalue weighted by Crippen LogP contribution is -2.09. The van der Waals surface area contributed by atoms with E-state index in [0.717, 1.165) is 17.6 Å². The van der Waals surface area contributed by atoms with Crippen molar-refractivity contribution in [2.45, 2.75) is 38.7 Å². The van der Waals surface area contributed by atoms with Crippen LogP contribution in [0, 0.1) is 6.92 Å². The minimum atomic E-state index is 0.512. The number of hydrogen-bond acceptors (Lipinski definition) is 2. The predicted molar refractivity (Wildman–Crippen MR) is 75.6 cm³/mol. The number of aryl methyl sites for hydroxylation is 1. The van der Waals surface area contributed by atoms with Crippen LogP contribution in [0.3, 0.4) is 0 Å². The third kappa shape index (κ3) is 4.00. The highest BCUT2D eigenvalue weighted by atomic mass is 79.9. The summed E-state index contributed by atoms with van der Waals surface area (Å²) in [6.45, 7) is 4.08. The highest BCUT2D eigenvalue weighted by molar-refractivity contribution is 9.10. The van der Waals surface area contributed by atoms with E-state index in [-0.39, 0.29) is 0 Å². The molecule has 0 radical (unpaired) electrons. The molecule has 17 heavy (non-hydrogen) atoms. The van der Waals surface area contributed by atoms with Crippen molar-refractivity contribution >= 4 is 21.6 Å². The lowest BCUT2D eigenvalue weighted by molar-refractivity contribution is 0.103. The molecule has 0 saturated carbocycles. The van der Waals surface area contributed by atoms with E-state index >= 15 is 0 Å². The smallest absolute Gasteiger partial charge is 0.0576 e. The van der Waals surface area contributed by atoms with Crippen LogP contribution in [0.2, 0.25) is 0 Å². The van der Waals surface area contributed by atoms with Crippen molar-refractivity contribution in [3.63, 3.8) is 0 Å². The van der Waals surface area contributed by atoms with Gasteiger partial charge in [-0.3, -0.25) is 0 Å². The molecule has 1 heterocycles. The first kappa shape index (κ1) is 12.9.